The summed E-state index contributed by atoms with van der Waals surface area (Å²) in [5.74, 6) is -0.439. The largest absolute Gasteiger partial charge is 0.461 e. The summed E-state index contributed by atoms with van der Waals surface area (Å²) < 4.78 is 6.66. The maximum absolute atomic E-state index is 12.6. The maximum Gasteiger partial charge on any atom is 0.359 e. The van der Waals surface area contributed by atoms with Crippen LogP contribution in [0.4, 0.5) is 5.82 Å². The highest BCUT2D eigenvalue weighted by Crippen LogP contribution is 2.28. The fourth-order valence-corrected chi connectivity index (χ4v) is 2.56. The standard InChI is InChI=1S/C18H22ClN3O3/c1-6-25-17(24)14-11(2)15(22(21-14)18(3,4)5)20-16(23)12-9-7-8-10-13(12)19/h7-10H,6H2,1-5H3,(H,20,23). The van der Waals surface area contributed by atoms with Crippen LogP contribution in [0, 0.1) is 6.92 Å². The van der Waals surface area contributed by atoms with Gasteiger partial charge < -0.3 is 10.1 Å². The van der Waals surface area contributed by atoms with Gasteiger partial charge in [-0.25, -0.2) is 9.48 Å². The van der Waals surface area contributed by atoms with E-state index in [1.807, 2.05) is 20.8 Å². The van der Waals surface area contributed by atoms with Crippen LogP contribution in [0.2, 0.25) is 5.02 Å². The molecule has 0 atom stereocenters. The summed E-state index contributed by atoms with van der Waals surface area (Å²) in [6.07, 6.45) is 0. The number of halogens is 1. The number of carbonyl (C=O) groups excluding carboxylic acids is 2. The van der Waals surface area contributed by atoms with Crippen LogP contribution in [-0.2, 0) is 10.3 Å². The number of carbonyl (C=O) groups is 2. The van der Waals surface area contributed by atoms with Crippen LogP contribution in [0.3, 0.4) is 0 Å². The van der Waals surface area contributed by atoms with Crippen molar-refractivity contribution in [1.29, 1.82) is 0 Å². The van der Waals surface area contributed by atoms with E-state index in [2.05, 4.69) is 10.4 Å². The number of benzene rings is 1. The first-order valence-electron chi connectivity index (χ1n) is 8.00. The van der Waals surface area contributed by atoms with Gasteiger partial charge in [-0.3, -0.25) is 4.79 Å². The van der Waals surface area contributed by atoms with Gasteiger partial charge in [-0.15, -0.1) is 0 Å². The van der Waals surface area contributed by atoms with Crippen molar-refractivity contribution >= 4 is 29.3 Å². The molecule has 134 valence electrons. The zero-order chi connectivity index (χ0) is 18.8. The van der Waals surface area contributed by atoms with Gasteiger partial charge in [0.1, 0.15) is 5.82 Å². The monoisotopic (exact) mass is 363 g/mol. The number of aromatic nitrogens is 2. The number of esters is 1. The average Bonchev–Trinajstić information content (AvgIpc) is 2.85. The molecular weight excluding hydrogens is 342 g/mol. The van der Waals surface area contributed by atoms with Gasteiger partial charge in [-0.05, 0) is 46.8 Å². The van der Waals surface area contributed by atoms with Crippen LogP contribution >= 0.6 is 11.6 Å². The van der Waals surface area contributed by atoms with Gasteiger partial charge in [0, 0.05) is 5.56 Å². The number of amides is 1. The van der Waals surface area contributed by atoms with Gasteiger partial charge in [-0.1, -0.05) is 23.7 Å². The number of rotatable bonds is 4. The molecule has 1 heterocycles. The van der Waals surface area contributed by atoms with Gasteiger partial charge >= 0.3 is 5.97 Å². The van der Waals surface area contributed by atoms with Crippen molar-refractivity contribution in [2.24, 2.45) is 0 Å². The van der Waals surface area contributed by atoms with Crippen molar-refractivity contribution in [1.82, 2.24) is 9.78 Å². The fraction of sp³-hybridized carbons (Fsp3) is 0.389. The first-order valence-corrected chi connectivity index (χ1v) is 8.37. The van der Waals surface area contributed by atoms with Crippen LogP contribution in [0.1, 0.15) is 54.1 Å². The SMILES string of the molecule is CCOC(=O)c1nn(C(C)(C)C)c(NC(=O)c2ccccc2Cl)c1C. The molecule has 1 aromatic carbocycles. The molecular formula is C18H22ClN3O3. The smallest absolute Gasteiger partial charge is 0.359 e. The Morgan fingerprint density at radius 1 is 1.28 bits per heavy atom. The maximum atomic E-state index is 12.6. The second kappa shape index (κ2) is 7.27. The predicted molar refractivity (Wildman–Crippen MR) is 97.3 cm³/mol. The Labute approximate surface area is 152 Å². The topological polar surface area (TPSA) is 73.2 Å². The molecule has 1 amide bonds. The lowest BCUT2D eigenvalue weighted by Gasteiger charge is -2.22. The first-order chi connectivity index (χ1) is 11.7. The third-order valence-corrected chi connectivity index (χ3v) is 3.91. The zero-order valence-corrected chi connectivity index (χ0v) is 15.8. The number of hydrogen-bond donors (Lipinski definition) is 1. The second-order valence-corrected chi connectivity index (χ2v) is 6.97. The Hall–Kier alpha value is -2.34. The molecule has 2 rings (SSSR count). The highest BCUT2D eigenvalue weighted by Gasteiger charge is 2.28. The molecule has 0 spiro atoms. The highest BCUT2D eigenvalue weighted by molar-refractivity contribution is 6.34. The molecule has 0 saturated heterocycles. The summed E-state index contributed by atoms with van der Waals surface area (Å²) in [6.45, 7) is 9.50. The third kappa shape index (κ3) is 4.02. The lowest BCUT2D eigenvalue weighted by molar-refractivity contribution is 0.0516. The summed E-state index contributed by atoms with van der Waals surface area (Å²) in [5.41, 5.74) is 0.640. The minimum Gasteiger partial charge on any atom is -0.461 e. The minimum absolute atomic E-state index is 0.186. The number of hydrogen-bond acceptors (Lipinski definition) is 4. The van der Waals surface area contributed by atoms with Crippen molar-refractivity contribution in [3.63, 3.8) is 0 Å². The van der Waals surface area contributed by atoms with Gasteiger partial charge in [0.25, 0.3) is 5.91 Å². The Bertz CT molecular complexity index is 806. The third-order valence-electron chi connectivity index (χ3n) is 3.58. The molecule has 2 aromatic rings. The van der Waals surface area contributed by atoms with Crippen LogP contribution < -0.4 is 5.32 Å². The van der Waals surface area contributed by atoms with E-state index in [0.29, 0.717) is 22.0 Å². The van der Waals surface area contributed by atoms with Crippen LogP contribution in [0.25, 0.3) is 0 Å². The number of nitrogens with zero attached hydrogens (tertiary/aromatic N) is 2. The fourth-order valence-electron chi connectivity index (χ4n) is 2.34. The van der Waals surface area contributed by atoms with E-state index >= 15 is 0 Å². The Balaban J connectivity index is 2.47. The van der Waals surface area contributed by atoms with Gasteiger partial charge in [0.05, 0.1) is 22.7 Å². The molecule has 0 unspecified atom stereocenters. The zero-order valence-electron chi connectivity index (χ0n) is 15.0. The summed E-state index contributed by atoms with van der Waals surface area (Å²) in [7, 11) is 0. The summed E-state index contributed by atoms with van der Waals surface area (Å²) in [6, 6.07) is 6.77. The van der Waals surface area contributed by atoms with E-state index in [4.69, 9.17) is 16.3 Å². The number of nitrogens with one attached hydrogen (secondary N) is 1. The van der Waals surface area contributed by atoms with E-state index in [0.717, 1.165) is 0 Å². The molecule has 0 bridgehead atoms. The van der Waals surface area contributed by atoms with Crippen molar-refractivity contribution in [3.05, 3.63) is 46.1 Å². The Kier molecular flexibility index (Phi) is 5.52. The predicted octanol–water partition coefficient (Wildman–Crippen LogP) is 4.03. The Morgan fingerprint density at radius 2 is 1.92 bits per heavy atom. The molecule has 1 aromatic heterocycles. The van der Waals surface area contributed by atoms with Gasteiger partial charge in [0.2, 0.25) is 0 Å². The second-order valence-electron chi connectivity index (χ2n) is 6.56. The van der Waals surface area contributed by atoms with Crippen LogP contribution in [0.15, 0.2) is 24.3 Å². The quantitative estimate of drug-likeness (QED) is 0.832. The molecule has 0 aliphatic carbocycles. The van der Waals surface area contributed by atoms with E-state index in [-0.39, 0.29) is 18.2 Å². The number of anilines is 1. The summed E-state index contributed by atoms with van der Waals surface area (Å²) in [5, 5.41) is 7.54. The molecule has 6 nitrogen and oxygen atoms in total. The molecule has 0 radical (unpaired) electrons. The molecule has 0 saturated carbocycles. The first kappa shape index (κ1) is 19.0. The molecule has 0 aliphatic heterocycles. The average molecular weight is 364 g/mol. The van der Waals surface area contributed by atoms with Crippen molar-refractivity contribution in [2.45, 2.75) is 40.2 Å². The molecule has 25 heavy (non-hydrogen) atoms. The highest BCUT2D eigenvalue weighted by atomic mass is 35.5. The van der Waals surface area contributed by atoms with Crippen molar-refractivity contribution in [2.75, 3.05) is 11.9 Å². The summed E-state index contributed by atoms with van der Waals surface area (Å²) in [4.78, 5) is 24.8. The summed E-state index contributed by atoms with van der Waals surface area (Å²) >= 11 is 6.09. The van der Waals surface area contributed by atoms with E-state index in [1.165, 1.54) is 0 Å². The molecule has 0 fully saturated rings. The molecule has 7 heteroatoms. The van der Waals surface area contributed by atoms with E-state index < -0.39 is 11.5 Å². The minimum atomic E-state index is -0.517. The van der Waals surface area contributed by atoms with Crippen LogP contribution in [-0.4, -0.2) is 28.3 Å². The lowest BCUT2D eigenvalue weighted by atomic mass is 10.1. The van der Waals surface area contributed by atoms with E-state index in [9.17, 15) is 9.59 Å². The normalized spacial score (nSPS) is 11.3. The van der Waals surface area contributed by atoms with E-state index in [1.54, 1.807) is 42.8 Å². The van der Waals surface area contributed by atoms with Crippen LogP contribution in [0.5, 0.6) is 0 Å². The Morgan fingerprint density at radius 3 is 2.48 bits per heavy atom. The van der Waals surface area contributed by atoms with Gasteiger partial charge in [0.15, 0.2) is 5.69 Å². The van der Waals surface area contributed by atoms with Crippen molar-refractivity contribution in [3.8, 4) is 0 Å². The van der Waals surface area contributed by atoms with Crippen molar-refractivity contribution < 1.29 is 14.3 Å². The number of ether oxygens (including phenoxy) is 1. The molecule has 0 aliphatic rings. The molecule has 1 N–H and O–H groups in total. The van der Waals surface area contributed by atoms with Gasteiger partial charge in [-0.2, -0.15) is 5.10 Å². The lowest BCUT2D eigenvalue weighted by Crippen LogP contribution is -2.27.